The fourth-order valence-corrected chi connectivity index (χ4v) is 4.13. The van der Waals surface area contributed by atoms with Crippen molar-refractivity contribution in [2.45, 2.75) is 43.9 Å². The van der Waals surface area contributed by atoms with Gasteiger partial charge in [0.1, 0.15) is 5.72 Å². The number of benzene rings is 2. The van der Waals surface area contributed by atoms with Crippen molar-refractivity contribution in [3.8, 4) is 0 Å². The van der Waals surface area contributed by atoms with Gasteiger partial charge in [-0.15, -0.1) is 0 Å². The van der Waals surface area contributed by atoms with E-state index < -0.39 is 0 Å². The van der Waals surface area contributed by atoms with Crippen molar-refractivity contribution in [3.05, 3.63) is 71.8 Å². The molecular formula is C21H23NO2. The van der Waals surface area contributed by atoms with E-state index in [0.29, 0.717) is 13.0 Å². The van der Waals surface area contributed by atoms with Gasteiger partial charge in [0.25, 0.3) is 0 Å². The average molecular weight is 321 g/mol. The van der Waals surface area contributed by atoms with E-state index in [1.54, 1.807) is 0 Å². The van der Waals surface area contributed by atoms with Crippen LogP contribution in [-0.2, 0) is 16.0 Å². The molecule has 0 N–H and O–H groups in total. The van der Waals surface area contributed by atoms with Gasteiger partial charge in [0, 0.05) is 12.8 Å². The summed E-state index contributed by atoms with van der Waals surface area (Å²) in [5.74, 6) is 0.237. The SMILES string of the molecule is O=C1CC[C@]2(CCCc3ccccc3)OC[C@@H](c3ccccc3)N12. The first kappa shape index (κ1) is 15.4. The molecule has 2 aliphatic heterocycles. The third-order valence-corrected chi connectivity index (χ3v) is 5.32. The van der Waals surface area contributed by atoms with E-state index in [4.69, 9.17) is 4.74 Å². The maximum absolute atomic E-state index is 12.5. The maximum Gasteiger partial charge on any atom is 0.225 e. The Morgan fingerprint density at radius 3 is 2.50 bits per heavy atom. The van der Waals surface area contributed by atoms with Gasteiger partial charge in [0.05, 0.1) is 12.6 Å². The van der Waals surface area contributed by atoms with Crippen LogP contribution in [-0.4, -0.2) is 23.1 Å². The highest BCUT2D eigenvalue weighted by atomic mass is 16.5. The smallest absolute Gasteiger partial charge is 0.225 e. The van der Waals surface area contributed by atoms with Gasteiger partial charge in [-0.3, -0.25) is 4.79 Å². The molecule has 0 bridgehead atoms. The topological polar surface area (TPSA) is 29.5 Å². The van der Waals surface area contributed by atoms with Crippen molar-refractivity contribution in [1.82, 2.24) is 4.90 Å². The van der Waals surface area contributed by atoms with Crippen molar-refractivity contribution >= 4 is 5.91 Å². The molecule has 0 aromatic heterocycles. The molecule has 3 nitrogen and oxygen atoms in total. The first-order valence-electron chi connectivity index (χ1n) is 8.83. The van der Waals surface area contributed by atoms with Crippen LogP contribution < -0.4 is 0 Å². The minimum Gasteiger partial charge on any atom is -0.353 e. The molecule has 2 saturated heterocycles. The summed E-state index contributed by atoms with van der Waals surface area (Å²) in [6, 6.07) is 20.9. The minimum absolute atomic E-state index is 0.0675. The number of carbonyl (C=O) groups excluding carboxylic acids is 1. The Bertz CT molecular complexity index is 700. The van der Waals surface area contributed by atoms with Gasteiger partial charge < -0.3 is 9.64 Å². The highest BCUT2D eigenvalue weighted by Gasteiger charge is 2.54. The van der Waals surface area contributed by atoms with E-state index in [-0.39, 0.29) is 17.7 Å². The fourth-order valence-electron chi connectivity index (χ4n) is 4.13. The number of fused-ring (bicyclic) bond motifs is 1. The predicted molar refractivity (Wildman–Crippen MR) is 93.3 cm³/mol. The Labute approximate surface area is 143 Å². The van der Waals surface area contributed by atoms with Crippen LogP contribution in [0.4, 0.5) is 0 Å². The van der Waals surface area contributed by atoms with Gasteiger partial charge in [-0.05, 0) is 30.4 Å². The molecule has 2 fully saturated rings. The standard InChI is InChI=1S/C21H23NO2/c23-20-13-15-21(14-7-10-17-8-3-1-4-9-17)22(20)19(16-24-21)18-11-5-2-6-12-18/h1-6,8-9,11-12,19H,7,10,13-16H2/t19-,21-/m0/s1. The molecule has 0 radical (unpaired) electrons. The second-order valence-electron chi connectivity index (χ2n) is 6.79. The van der Waals surface area contributed by atoms with E-state index in [1.807, 2.05) is 29.2 Å². The number of rotatable bonds is 5. The third-order valence-electron chi connectivity index (χ3n) is 5.32. The zero-order valence-corrected chi connectivity index (χ0v) is 13.9. The average Bonchev–Trinajstić information content (AvgIpc) is 3.15. The first-order chi connectivity index (χ1) is 11.8. The van der Waals surface area contributed by atoms with Crippen LogP contribution in [0, 0.1) is 0 Å². The van der Waals surface area contributed by atoms with Gasteiger partial charge in [-0.25, -0.2) is 0 Å². The molecule has 0 aliphatic carbocycles. The van der Waals surface area contributed by atoms with E-state index in [9.17, 15) is 4.79 Å². The third kappa shape index (κ3) is 2.73. The number of nitrogens with zero attached hydrogens (tertiary/aromatic N) is 1. The van der Waals surface area contributed by atoms with Crippen molar-refractivity contribution in [2.24, 2.45) is 0 Å². The normalized spacial score (nSPS) is 25.9. The van der Waals surface area contributed by atoms with Gasteiger partial charge in [0.2, 0.25) is 5.91 Å². The number of carbonyl (C=O) groups is 1. The Morgan fingerprint density at radius 1 is 1.04 bits per heavy atom. The molecule has 24 heavy (non-hydrogen) atoms. The highest BCUT2D eigenvalue weighted by Crippen LogP contribution is 2.47. The second kappa shape index (κ2) is 6.40. The molecule has 2 aromatic carbocycles. The molecule has 2 heterocycles. The van der Waals surface area contributed by atoms with E-state index in [1.165, 1.54) is 11.1 Å². The zero-order chi connectivity index (χ0) is 16.4. The Balaban J connectivity index is 1.48. The summed E-state index contributed by atoms with van der Waals surface area (Å²) in [5, 5.41) is 0. The largest absolute Gasteiger partial charge is 0.353 e. The van der Waals surface area contributed by atoms with E-state index in [0.717, 1.165) is 25.7 Å². The summed E-state index contributed by atoms with van der Waals surface area (Å²) >= 11 is 0. The van der Waals surface area contributed by atoms with Gasteiger partial charge >= 0.3 is 0 Å². The fraction of sp³-hybridized carbons (Fsp3) is 0.381. The molecular weight excluding hydrogens is 298 g/mol. The Hall–Kier alpha value is -2.13. The van der Waals surface area contributed by atoms with Crippen molar-refractivity contribution < 1.29 is 9.53 Å². The van der Waals surface area contributed by atoms with Crippen molar-refractivity contribution in [2.75, 3.05) is 6.61 Å². The summed E-state index contributed by atoms with van der Waals surface area (Å²) < 4.78 is 6.25. The lowest BCUT2D eigenvalue weighted by Crippen LogP contribution is -2.42. The zero-order valence-electron chi connectivity index (χ0n) is 13.9. The summed E-state index contributed by atoms with van der Waals surface area (Å²) in [6.07, 6.45) is 4.41. The van der Waals surface area contributed by atoms with E-state index >= 15 is 0 Å². The van der Waals surface area contributed by atoms with Gasteiger partial charge in [-0.1, -0.05) is 60.7 Å². The summed E-state index contributed by atoms with van der Waals surface area (Å²) in [7, 11) is 0. The molecule has 3 heteroatoms. The molecule has 0 spiro atoms. The number of hydrogen-bond donors (Lipinski definition) is 0. The number of hydrogen-bond acceptors (Lipinski definition) is 2. The molecule has 2 atom stereocenters. The predicted octanol–water partition coefficient (Wildman–Crippen LogP) is 4.10. The molecule has 2 aliphatic rings. The molecule has 0 saturated carbocycles. The monoisotopic (exact) mass is 321 g/mol. The Kier molecular flexibility index (Phi) is 4.11. The molecule has 1 amide bonds. The van der Waals surface area contributed by atoms with Gasteiger partial charge in [0.15, 0.2) is 0 Å². The van der Waals surface area contributed by atoms with Crippen LogP contribution in [0.15, 0.2) is 60.7 Å². The quantitative estimate of drug-likeness (QED) is 0.830. The number of ether oxygens (including phenoxy) is 1. The summed E-state index contributed by atoms with van der Waals surface area (Å²) in [5.41, 5.74) is 2.15. The second-order valence-corrected chi connectivity index (χ2v) is 6.79. The molecule has 4 rings (SSSR count). The minimum atomic E-state index is -0.383. The number of aryl methyl sites for hydroxylation is 1. The van der Waals surface area contributed by atoms with Crippen molar-refractivity contribution in [3.63, 3.8) is 0 Å². The maximum atomic E-state index is 12.5. The summed E-state index contributed by atoms with van der Waals surface area (Å²) in [4.78, 5) is 14.6. The van der Waals surface area contributed by atoms with Crippen LogP contribution in [0.3, 0.4) is 0 Å². The van der Waals surface area contributed by atoms with E-state index in [2.05, 4.69) is 36.4 Å². The van der Waals surface area contributed by atoms with Crippen molar-refractivity contribution in [1.29, 1.82) is 0 Å². The highest BCUT2D eigenvalue weighted by molar-refractivity contribution is 5.80. The Morgan fingerprint density at radius 2 is 1.75 bits per heavy atom. The molecule has 2 aromatic rings. The lowest BCUT2D eigenvalue weighted by Gasteiger charge is -2.33. The first-order valence-corrected chi connectivity index (χ1v) is 8.83. The van der Waals surface area contributed by atoms with Crippen LogP contribution >= 0.6 is 0 Å². The number of amides is 1. The summed E-state index contributed by atoms with van der Waals surface area (Å²) in [6.45, 7) is 0.612. The van der Waals surface area contributed by atoms with Gasteiger partial charge in [-0.2, -0.15) is 0 Å². The van der Waals surface area contributed by atoms with Crippen LogP contribution in [0.2, 0.25) is 0 Å². The van der Waals surface area contributed by atoms with Crippen LogP contribution in [0.25, 0.3) is 0 Å². The lowest BCUT2D eigenvalue weighted by molar-refractivity contribution is -0.139. The van der Waals surface area contributed by atoms with Crippen LogP contribution in [0.1, 0.15) is 42.9 Å². The van der Waals surface area contributed by atoms with Crippen LogP contribution in [0.5, 0.6) is 0 Å². The lowest BCUT2D eigenvalue weighted by atomic mass is 9.99. The molecule has 124 valence electrons. The molecule has 0 unspecified atom stereocenters.